The second kappa shape index (κ2) is 7.75. The van der Waals surface area contributed by atoms with Gasteiger partial charge in [0.25, 0.3) is 0 Å². The van der Waals surface area contributed by atoms with Gasteiger partial charge in [0.15, 0.2) is 0 Å². The number of carbonyl (C=O) groups excluding carboxylic acids is 1. The number of nitrogens with two attached hydrogens (primary N) is 1. The summed E-state index contributed by atoms with van der Waals surface area (Å²) in [4.78, 5) is 14.7. The monoisotopic (exact) mass is 303 g/mol. The standard InChI is InChI=1S/C18H29N3O/c1-4-15-7-5-6-14(3)18(15)20-17(22)12-21-9-8-13(2)10-16(21)11-19/h5-7,13,16H,4,8-12,19H2,1-3H3,(H,20,22). The quantitative estimate of drug-likeness (QED) is 0.879. The Morgan fingerprint density at radius 2 is 2.23 bits per heavy atom. The Bertz CT molecular complexity index is 515. The van der Waals surface area contributed by atoms with Gasteiger partial charge in [0, 0.05) is 18.3 Å². The van der Waals surface area contributed by atoms with Crippen LogP contribution in [0.5, 0.6) is 0 Å². The minimum Gasteiger partial charge on any atom is -0.329 e. The van der Waals surface area contributed by atoms with Crippen molar-refractivity contribution in [3.8, 4) is 0 Å². The van der Waals surface area contributed by atoms with Crippen molar-refractivity contribution >= 4 is 11.6 Å². The normalized spacial score (nSPS) is 22.5. The van der Waals surface area contributed by atoms with E-state index in [9.17, 15) is 4.79 Å². The van der Waals surface area contributed by atoms with Gasteiger partial charge < -0.3 is 11.1 Å². The number of piperidine rings is 1. The molecule has 0 saturated carbocycles. The smallest absolute Gasteiger partial charge is 0.238 e. The fourth-order valence-corrected chi connectivity index (χ4v) is 3.32. The maximum Gasteiger partial charge on any atom is 0.238 e. The number of benzene rings is 1. The van der Waals surface area contributed by atoms with Crippen molar-refractivity contribution in [2.75, 3.05) is 25.0 Å². The molecule has 3 N–H and O–H groups in total. The number of carbonyl (C=O) groups is 1. The van der Waals surface area contributed by atoms with Gasteiger partial charge in [0.05, 0.1) is 6.54 Å². The maximum absolute atomic E-state index is 12.5. The van der Waals surface area contributed by atoms with Crippen LogP contribution in [0.1, 0.15) is 37.8 Å². The number of likely N-dealkylation sites (tertiary alicyclic amines) is 1. The summed E-state index contributed by atoms with van der Waals surface area (Å²) in [6, 6.07) is 6.49. The molecule has 4 heteroatoms. The Hall–Kier alpha value is -1.39. The third kappa shape index (κ3) is 4.08. The predicted octanol–water partition coefficient (Wildman–Crippen LogP) is 2.56. The molecular weight excluding hydrogens is 274 g/mol. The van der Waals surface area contributed by atoms with Crippen LogP contribution in [0.25, 0.3) is 0 Å². The average Bonchev–Trinajstić information content (AvgIpc) is 2.51. The molecular formula is C18H29N3O. The Morgan fingerprint density at radius 3 is 2.91 bits per heavy atom. The summed E-state index contributed by atoms with van der Waals surface area (Å²) >= 11 is 0. The Balaban J connectivity index is 2.01. The molecule has 1 heterocycles. The molecule has 4 nitrogen and oxygen atoms in total. The average molecular weight is 303 g/mol. The molecule has 2 unspecified atom stereocenters. The van der Waals surface area contributed by atoms with Crippen molar-refractivity contribution in [1.29, 1.82) is 0 Å². The van der Waals surface area contributed by atoms with E-state index in [1.807, 2.05) is 19.1 Å². The summed E-state index contributed by atoms with van der Waals surface area (Å²) in [5.74, 6) is 0.771. The van der Waals surface area contributed by atoms with E-state index in [4.69, 9.17) is 5.73 Å². The molecule has 0 aliphatic carbocycles. The minimum absolute atomic E-state index is 0.0667. The lowest BCUT2D eigenvalue weighted by atomic mass is 9.92. The van der Waals surface area contributed by atoms with E-state index < -0.39 is 0 Å². The number of hydrogen-bond donors (Lipinski definition) is 2. The highest BCUT2D eigenvalue weighted by atomic mass is 16.2. The fourth-order valence-electron chi connectivity index (χ4n) is 3.32. The van der Waals surface area contributed by atoms with E-state index in [1.165, 1.54) is 5.56 Å². The van der Waals surface area contributed by atoms with E-state index in [2.05, 4.69) is 30.1 Å². The van der Waals surface area contributed by atoms with Crippen LogP contribution in [0.4, 0.5) is 5.69 Å². The highest BCUT2D eigenvalue weighted by Gasteiger charge is 2.26. The van der Waals surface area contributed by atoms with Crippen molar-refractivity contribution in [3.63, 3.8) is 0 Å². The molecule has 2 rings (SSSR count). The number of nitrogens with one attached hydrogen (secondary N) is 1. The fraction of sp³-hybridized carbons (Fsp3) is 0.611. The third-order valence-electron chi connectivity index (χ3n) is 4.72. The lowest BCUT2D eigenvalue weighted by molar-refractivity contribution is -0.118. The summed E-state index contributed by atoms with van der Waals surface area (Å²) in [6.07, 6.45) is 3.16. The number of anilines is 1. The number of rotatable bonds is 5. The minimum atomic E-state index is 0.0667. The van der Waals surface area contributed by atoms with E-state index in [0.29, 0.717) is 25.0 Å². The van der Waals surface area contributed by atoms with E-state index in [0.717, 1.165) is 37.1 Å². The van der Waals surface area contributed by atoms with Crippen LogP contribution in [0.15, 0.2) is 18.2 Å². The van der Waals surface area contributed by atoms with Gasteiger partial charge in [-0.3, -0.25) is 9.69 Å². The van der Waals surface area contributed by atoms with Crippen LogP contribution in [0, 0.1) is 12.8 Å². The highest BCUT2D eigenvalue weighted by Crippen LogP contribution is 2.23. The molecule has 1 fully saturated rings. The van der Waals surface area contributed by atoms with Crippen LogP contribution in [-0.2, 0) is 11.2 Å². The zero-order valence-corrected chi connectivity index (χ0v) is 14.1. The number of para-hydroxylation sites is 1. The molecule has 1 aliphatic rings. The number of hydrogen-bond acceptors (Lipinski definition) is 3. The zero-order valence-electron chi connectivity index (χ0n) is 14.1. The van der Waals surface area contributed by atoms with Crippen LogP contribution in [0.3, 0.4) is 0 Å². The molecule has 1 aromatic rings. The first kappa shape index (κ1) is 17.0. The van der Waals surface area contributed by atoms with Gasteiger partial charge in [-0.2, -0.15) is 0 Å². The number of nitrogens with zero attached hydrogens (tertiary/aromatic N) is 1. The largest absolute Gasteiger partial charge is 0.329 e. The Morgan fingerprint density at radius 1 is 1.45 bits per heavy atom. The lowest BCUT2D eigenvalue weighted by Gasteiger charge is -2.37. The van der Waals surface area contributed by atoms with E-state index >= 15 is 0 Å². The van der Waals surface area contributed by atoms with E-state index in [1.54, 1.807) is 0 Å². The van der Waals surface area contributed by atoms with Gasteiger partial charge in [0.1, 0.15) is 0 Å². The molecule has 0 radical (unpaired) electrons. The summed E-state index contributed by atoms with van der Waals surface area (Å²) in [5.41, 5.74) is 9.17. The van der Waals surface area contributed by atoms with Crippen LogP contribution in [-0.4, -0.2) is 36.5 Å². The summed E-state index contributed by atoms with van der Waals surface area (Å²) in [5, 5.41) is 3.11. The van der Waals surface area contributed by atoms with Crippen molar-refractivity contribution in [3.05, 3.63) is 29.3 Å². The van der Waals surface area contributed by atoms with Gasteiger partial charge >= 0.3 is 0 Å². The molecule has 1 aliphatic heterocycles. The number of aryl methyl sites for hydroxylation is 2. The second-order valence-corrected chi connectivity index (χ2v) is 6.50. The van der Waals surface area contributed by atoms with Gasteiger partial charge in [-0.15, -0.1) is 0 Å². The van der Waals surface area contributed by atoms with E-state index in [-0.39, 0.29) is 5.91 Å². The van der Waals surface area contributed by atoms with Crippen molar-refractivity contribution in [2.45, 2.75) is 46.1 Å². The Labute approximate surface area is 134 Å². The topological polar surface area (TPSA) is 58.4 Å². The van der Waals surface area contributed by atoms with Crippen LogP contribution >= 0.6 is 0 Å². The van der Waals surface area contributed by atoms with Crippen molar-refractivity contribution in [2.24, 2.45) is 11.7 Å². The van der Waals surface area contributed by atoms with Crippen molar-refractivity contribution < 1.29 is 4.79 Å². The lowest BCUT2D eigenvalue weighted by Crippen LogP contribution is -2.49. The molecule has 22 heavy (non-hydrogen) atoms. The molecule has 1 amide bonds. The second-order valence-electron chi connectivity index (χ2n) is 6.50. The molecule has 0 spiro atoms. The van der Waals surface area contributed by atoms with Gasteiger partial charge in [-0.05, 0) is 49.8 Å². The molecule has 122 valence electrons. The SMILES string of the molecule is CCc1cccc(C)c1NC(=O)CN1CCC(C)CC1CN. The first-order valence-electron chi connectivity index (χ1n) is 8.37. The molecule has 0 aromatic heterocycles. The Kier molecular flexibility index (Phi) is 5.98. The predicted molar refractivity (Wildman–Crippen MR) is 92.0 cm³/mol. The zero-order chi connectivity index (χ0) is 16.1. The van der Waals surface area contributed by atoms with Crippen LogP contribution in [0.2, 0.25) is 0 Å². The summed E-state index contributed by atoms with van der Waals surface area (Å²) in [6.45, 7) is 8.45. The van der Waals surface area contributed by atoms with Gasteiger partial charge in [0.2, 0.25) is 5.91 Å². The highest BCUT2D eigenvalue weighted by molar-refractivity contribution is 5.93. The number of amides is 1. The summed E-state index contributed by atoms with van der Waals surface area (Å²) < 4.78 is 0. The van der Waals surface area contributed by atoms with Gasteiger partial charge in [-0.1, -0.05) is 32.0 Å². The van der Waals surface area contributed by atoms with Crippen LogP contribution < -0.4 is 11.1 Å². The molecule has 2 atom stereocenters. The van der Waals surface area contributed by atoms with Crippen molar-refractivity contribution in [1.82, 2.24) is 4.90 Å². The molecule has 1 saturated heterocycles. The van der Waals surface area contributed by atoms with Gasteiger partial charge in [-0.25, -0.2) is 0 Å². The maximum atomic E-state index is 12.5. The molecule has 0 bridgehead atoms. The first-order chi connectivity index (χ1) is 10.5. The first-order valence-corrected chi connectivity index (χ1v) is 8.37. The molecule has 1 aromatic carbocycles. The summed E-state index contributed by atoms with van der Waals surface area (Å²) in [7, 11) is 0. The third-order valence-corrected chi connectivity index (χ3v) is 4.72.